The van der Waals surface area contributed by atoms with Gasteiger partial charge in [0.15, 0.2) is 0 Å². The summed E-state index contributed by atoms with van der Waals surface area (Å²) in [6.45, 7) is 6.91. The third-order valence-corrected chi connectivity index (χ3v) is 6.17. The van der Waals surface area contributed by atoms with Crippen LogP contribution in [0.25, 0.3) is 0 Å². The second kappa shape index (κ2) is 8.40. The van der Waals surface area contributed by atoms with Gasteiger partial charge in [-0.05, 0) is 25.7 Å². The third kappa shape index (κ3) is 4.04. The van der Waals surface area contributed by atoms with Crippen molar-refractivity contribution < 1.29 is 14.4 Å². The van der Waals surface area contributed by atoms with Crippen LogP contribution < -0.4 is 0 Å². The zero-order chi connectivity index (χ0) is 18.7. The molecule has 6 heteroatoms. The summed E-state index contributed by atoms with van der Waals surface area (Å²) in [4.78, 5) is 43.6. The highest BCUT2D eigenvalue weighted by atomic mass is 16.2. The number of rotatable bonds is 3. The molecular formula is C20H33N3O3. The predicted molar refractivity (Wildman–Crippen MR) is 99.3 cm³/mol. The Hall–Kier alpha value is -1.59. The number of hydrogen-bond donors (Lipinski definition) is 0. The molecule has 1 atom stereocenters. The van der Waals surface area contributed by atoms with Crippen molar-refractivity contribution in [2.24, 2.45) is 11.8 Å². The molecule has 3 aliphatic rings. The molecule has 0 aromatic rings. The van der Waals surface area contributed by atoms with Crippen molar-refractivity contribution >= 4 is 17.7 Å². The molecule has 0 radical (unpaired) electrons. The Morgan fingerprint density at radius 1 is 0.731 bits per heavy atom. The highest BCUT2D eigenvalue weighted by Crippen LogP contribution is 2.26. The number of carbonyl (C=O) groups excluding carboxylic acids is 3. The van der Waals surface area contributed by atoms with Gasteiger partial charge in [0.1, 0.15) is 6.04 Å². The maximum Gasteiger partial charge on any atom is 0.245 e. The fourth-order valence-electron chi connectivity index (χ4n) is 4.58. The lowest BCUT2D eigenvalue weighted by Crippen LogP contribution is -2.56. The Bertz CT molecular complexity index is 534. The molecule has 3 fully saturated rings. The van der Waals surface area contributed by atoms with E-state index in [4.69, 9.17) is 0 Å². The molecule has 146 valence electrons. The topological polar surface area (TPSA) is 60.9 Å². The predicted octanol–water partition coefficient (Wildman–Crippen LogP) is 1.88. The first-order valence-electron chi connectivity index (χ1n) is 10.4. The fourth-order valence-corrected chi connectivity index (χ4v) is 4.58. The van der Waals surface area contributed by atoms with Crippen LogP contribution in [-0.2, 0) is 14.4 Å². The maximum atomic E-state index is 12.9. The first-order valence-corrected chi connectivity index (χ1v) is 10.4. The van der Waals surface area contributed by atoms with Gasteiger partial charge in [-0.15, -0.1) is 0 Å². The van der Waals surface area contributed by atoms with Crippen molar-refractivity contribution in [3.05, 3.63) is 0 Å². The molecule has 3 rings (SSSR count). The largest absolute Gasteiger partial charge is 0.339 e. The van der Waals surface area contributed by atoms with E-state index in [1.165, 1.54) is 6.42 Å². The van der Waals surface area contributed by atoms with Crippen LogP contribution in [0.2, 0.25) is 0 Å². The minimum atomic E-state index is -0.300. The third-order valence-electron chi connectivity index (χ3n) is 6.17. The molecule has 1 unspecified atom stereocenters. The molecule has 26 heavy (non-hydrogen) atoms. The van der Waals surface area contributed by atoms with Crippen LogP contribution in [0, 0.1) is 11.8 Å². The summed E-state index contributed by atoms with van der Waals surface area (Å²) in [6, 6.07) is -0.300. The van der Waals surface area contributed by atoms with Gasteiger partial charge in [0.05, 0.1) is 0 Å². The van der Waals surface area contributed by atoms with Crippen molar-refractivity contribution in [1.29, 1.82) is 0 Å². The SMILES string of the molecule is CC(C)C(=O)N1CCCC1C(=O)N1CCN(C(=O)C2CCCCC2)CC1. The molecule has 2 aliphatic heterocycles. The van der Waals surface area contributed by atoms with Crippen molar-refractivity contribution in [3.63, 3.8) is 0 Å². The molecule has 2 saturated heterocycles. The number of likely N-dealkylation sites (tertiary alicyclic amines) is 1. The molecule has 0 bridgehead atoms. The van der Waals surface area contributed by atoms with E-state index in [0.717, 1.165) is 38.5 Å². The molecule has 0 aromatic heterocycles. The van der Waals surface area contributed by atoms with Crippen LogP contribution in [0.1, 0.15) is 58.8 Å². The summed E-state index contributed by atoms with van der Waals surface area (Å²) in [5.41, 5.74) is 0. The van der Waals surface area contributed by atoms with Crippen molar-refractivity contribution in [3.8, 4) is 0 Å². The summed E-state index contributed by atoms with van der Waals surface area (Å²) in [7, 11) is 0. The smallest absolute Gasteiger partial charge is 0.245 e. The van der Waals surface area contributed by atoms with Crippen LogP contribution in [-0.4, -0.2) is 71.2 Å². The average Bonchev–Trinajstić information content (AvgIpc) is 3.16. The summed E-state index contributed by atoms with van der Waals surface area (Å²) in [5.74, 6) is 0.552. The molecule has 6 nitrogen and oxygen atoms in total. The van der Waals surface area contributed by atoms with Crippen LogP contribution in [0.5, 0.6) is 0 Å². The molecule has 0 N–H and O–H groups in total. The first-order chi connectivity index (χ1) is 12.5. The van der Waals surface area contributed by atoms with Crippen molar-refractivity contribution in [2.45, 2.75) is 64.8 Å². The van der Waals surface area contributed by atoms with Crippen LogP contribution >= 0.6 is 0 Å². The van der Waals surface area contributed by atoms with Gasteiger partial charge in [-0.1, -0.05) is 33.1 Å². The summed E-state index contributed by atoms with van der Waals surface area (Å²) < 4.78 is 0. The Morgan fingerprint density at radius 3 is 1.88 bits per heavy atom. The Kier molecular flexibility index (Phi) is 6.20. The van der Waals surface area contributed by atoms with Gasteiger partial charge in [-0.3, -0.25) is 14.4 Å². The fraction of sp³-hybridized carbons (Fsp3) is 0.850. The molecule has 3 amide bonds. The van der Waals surface area contributed by atoms with Gasteiger partial charge < -0.3 is 14.7 Å². The lowest BCUT2D eigenvalue weighted by molar-refractivity contribution is -0.148. The summed E-state index contributed by atoms with van der Waals surface area (Å²) in [6.07, 6.45) is 7.28. The lowest BCUT2D eigenvalue weighted by Gasteiger charge is -2.39. The number of piperazine rings is 1. The quantitative estimate of drug-likeness (QED) is 0.769. The van der Waals surface area contributed by atoms with E-state index in [2.05, 4.69) is 0 Å². The van der Waals surface area contributed by atoms with E-state index >= 15 is 0 Å². The zero-order valence-electron chi connectivity index (χ0n) is 16.3. The second-order valence-electron chi connectivity index (χ2n) is 8.33. The van der Waals surface area contributed by atoms with Gasteiger partial charge in [0, 0.05) is 44.6 Å². The molecule has 1 aliphatic carbocycles. The number of amides is 3. The van der Waals surface area contributed by atoms with E-state index in [-0.39, 0.29) is 35.6 Å². The van der Waals surface area contributed by atoms with Gasteiger partial charge in [-0.2, -0.15) is 0 Å². The van der Waals surface area contributed by atoms with Gasteiger partial charge in [-0.25, -0.2) is 0 Å². The molecule has 1 saturated carbocycles. The maximum absolute atomic E-state index is 12.9. The molecule has 0 spiro atoms. The molecule has 2 heterocycles. The first kappa shape index (κ1) is 19.2. The molecular weight excluding hydrogens is 330 g/mol. The van der Waals surface area contributed by atoms with Crippen LogP contribution in [0.3, 0.4) is 0 Å². The van der Waals surface area contributed by atoms with E-state index in [1.54, 1.807) is 4.90 Å². The minimum absolute atomic E-state index is 0.0706. The van der Waals surface area contributed by atoms with Crippen molar-refractivity contribution in [1.82, 2.24) is 14.7 Å². The monoisotopic (exact) mass is 363 g/mol. The second-order valence-corrected chi connectivity index (χ2v) is 8.33. The number of hydrogen-bond acceptors (Lipinski definition) is 3. The number of carbonyl (C=O) groups is 3. The Morgan fingerprint density at radius 2 is 1.31 bits per heavy atom. The zero-order valence-corrected chi connectivity index (χ0v) is 16.3. The van der Waals surface area contributed by atoms with E-state index < -0.39 is 0 Å². The highest BCUT2D eigenvalue weighted by molar-refractivity contribution is 5.89. The lowest BCUT2D eigenvalue weighted by atomic mass is 9.88. The Balaban J connectivity index is 1.53. The minimum Gasteiger partial charge on any atom is -0.339 e. The van der Waals surface area contributed by atoms with E-state index in [0.29, 0.717) is 32.7 Å². The Labute approximate surface area is 156 Å². The normalized spacial score (nSPS) is 25.0. The van der Waals surface area contributed by atoms with Gasteiger partial charge in [0.25, 0.3) is 0 Å². The van der Waals surface area contributed by atoms with Gasteiger partial charge >= 0.3 is 0 Å². The van der Waals surface area contributed by atoms with Crippen LogP contribution in [0.15, 0.2) is 0 Å². The summed E-state index contributed by atoms with van der Waals surface area (Å²) >= 11 is 0. The van der Waals surface area contributed by atoms with E-state index in [9.17, 15) is 14.4 Å². The van der Waals surface area contributed by atoms with Crippen molar-refractivity contribution in [2.75, 3.05) is 32.7 Å². The van der Waals surface area contributed by atoms with E-state index in [1.807, 2.05) is 23.6 Å². The average molecular weight is 364 g/mol. The number of nitrogens with zero attached hydrogens (tertiary/aromatic N) is 3. The van der Waals surface area contributed by atoms with Gasteiger partial charge in [0.2, 0.25) is 17.7 Å². The summed E-state index contributed by atoms with van der Waals surface area (Å²) in [5, 5.41) is 0. The van der Waals surface area contributed by atoms with Crippen LogP contribution in [0.4, 0.5) is 0 Å². The standard InChI is InChI=1S/C20H33N3O3/c1-15(2)18(24)23-10-6-9-17(23)20(26)22-13-11-21(12-14-22)19(25)16-7-4-3-5-8-16/h15-17H,3-14H2,1-2H3. The molecule has 0 aromatic carbocycles. The highest BCUT2D eigenvalue weighted by Gasteiger charge is 2.38.